The van der Waals surface area contributed by atoms with Crippen LogP contribution in [0.3, 0.4) is 0 Å². The fourth-order valence-corrected chi connectivity index (χ4v) is 1.98. The first-order valence-electron chi connectivity index (χ1n) is 6.00. The molecular weight excluding hydrogens is 233 g/mol. The Morgan fingerprint density at radius 1 is 1.47 bits per heavy atom. The minimum Gasteiger partial charge on any atom is -0.257 e. The molecular formula is C14H20FNS. The van der Waals surface area contributed by atoms with Crippen molar-refractivity contribution in [3.05, 3.63) is 23.5 Å². The number of hydrogen-bond donors (Lipinski definition) is 1. The van der Waals surface area contributed by atoms with Crippen LogP contribution >= 0.6 is 12.6 Å². The molecule has 0 saturated heterocycles. The summed E-state index contributed by atoms with van der Waals surface area (Å²) in [6.45, 7) is 8.24. The molecule has 1 aromatic carbocycles. The Bertz CT molecular complexity index is 426. The number of thiol groups is 1. The molecule has 0 aliphatic heterocycles. The number of nitrogens with zero attached hydrogens (tertiary/aromatic N) is 1. The van der Waals surface area contributed by atoms with Gasteiger partial charge in [-0.15, -0.1) is 12.6 Å². The predicted molar refractivity (Wildman–Crippen MR) is 75.2 cm³/mol. The number of aryl methyl sites for hydroxylation is 1. The lowest BCUT2D eigenvalue weighted by molar-refractivity contribution is 0.602. The van der Waals surface area contributed by atoms with Gasteiger partial charge in [-0.3, -0.25) is 4.99 Å². The average Bonchev–Trinajstić information content (AvgIpc) is 2.26. The van der Waals surface area contributed by atoms with E-state index in [4.69, 9.17) is 0 Å². The van der Waals surface area contributed by atoms with Crippen molar-refractivity contribution in [1.82, 2.24) is 0 Å². The van der Waals surface area contributed by atoms with Gasteiger partial charge in [0.2, 0.25) is 0 Å². The lowest BCUT2D eigenvalue weighted by Gasteiger charge is -2.11. The van der Waals surface area contributed by atoms with Crippen LogP contribution in [-0.2, 0) is 0 Å². The molecule has 0 aliphatic rings. The zero-order chi connectivity index (χ0) is 13.0. The molecule has 1 rings (SSSR count). The standard InChI is InChI=1S/C14H20FNS/c1-5-6-9(2)11(4)16-13-8-12(15)14(17)7-10(13)3/h7-9,17H,5-6H2,1-4H3/b16-11+. The highest BCUT2D eigenvalue weighted by Gasteiger charge is 2.07. The second-order valence-electron chi connectivity index (χ2n) is 4.53. The molecule has 17 heavy (non-hydrogen) atoms. The quantitative estimate of drug-likeness (QED) is 0.575. The first-order chi connectivity index (χ1) is 7.95. The molecule has 0 radical (unpaired) electrons. The fourth-order valence-electron chi connectivity index (χ4n) is 1.72. The van der Waals surface area contributed by atoms with E-state index in [2.05, 4.69) is 31.5 Å². The molecule has 1 unspecified atom stereocenters. The second kappa shape index (κ2) is 6.20. The number of benzene rings is 1. The summed E-state index contributed by atoms with van der Waals surface area (Å²) in [5, 5.41) is 0. The first-order valence-corrected chi connectivity index (χ1v) is 6.44. The summed E-state index contributed by atoms with van der Waals surface area (Å²) < 4.78 is 13.4. The summed E-state index contributed by atoms with van der Waals surface area (Å²) in [4.78, 5) is 4.90. The van der Waals surface area contributed by atoms with Crippen molar-refractivity contribution in [1.29, 1.82) is 0 Å². The van der Waals surface area contributed by atoms with Crippen LogP contribution in [0.15, 0.2) is 22.0 Å². The van der Waals surface area contributed by atoms with Crippen molar-refractivity contribution in [3.8, 4) is 0 Å². The molecule has 94 valence electrons. The van der Waals surface area contributed by atoms with Gasteiger partial charge in [-0.1, -0.05) is 20.3 Å². The van der Waals surface area contributed by atoms with Gasteiger partial charge in [0.25, 0.3) is 0 Å². The van der Waals surface area contributed by atoms with E-state index in [1.165, 1.54) is 6.07 Å². The van der Waals surface area contributed by atoms with E-state index in [0.29, 0.717) is 16.5 Å². The zero-order valence-corrected chi connectivity index (χ0v) is 11.8. The number of rotatable bonds is 4. The van der Waals surface area contributed by atoms with Crippen LogP contribution in [0.2, 0.25) is 0 Å². The fraction of sp³-hybridized carbons (Fsp3) is 0.500. The Balaban J connectivity index is 3.01. The third-order valence-corrected chi connectivity index (χ3v) is 3.34. The molecule has 0 N–H and O–H groups in total. The molecule has 0 amide bonds. The third kappa shape index (κ3) is 3.84. The van der Waals surface area contributed by atoms with E-state index in [1.54, 1.807) is 6.07 Å². The minimum atomic E-state index is -0.311. The Labute approximate surface area is 109 Å². The monoisotopic (exact) mass is 253 g/mol. The van der Waals surface area contributed by atoms with E-state index in [9.17, 15) is 4.39 Å². The predicted octanol–water partition coefficient (Wildman–Crippen LogP) is 4.95. The number of aliphatic imine (C=N–C) groups is 1. The largest absolute Gasteiger partial charge is 0.257 e. The molecule has 1 aromatic rings. The smallest absolute Gasteiger partial charge is 0.138 e. The minimum absolute atomic E-state index is 0.311. The van der Waals surface area contributed by atoms with Gasteiger partial charge in [-0.25, -0.2) is 4.39 Å². The van der Waals surface area contributed by atoms with Crippen LogP contribution < -0.4 is 0 Å². The van der Waals surface area contributed by atoms with Crippen LogP contribution in [0.5, 0.6) is 0 Å². The summed E-state index contributed by atoms with van der Waals surface area (Å²) >= 11 is 4.06. The van der Waals surface area contributed by atoms with Gasteiger partial charge in [0.15, 0.2) is 0 Å². The molecule has 0 spiro atoms. The molecule has 3 heteroatoms. The van der Waals surface area contributed by atoms with Crippen LogP contribution in [0.1, 0.15) is 39.2 Å². The normalized spacial score (nSPS) is 13.9. The zero-order valence-electron chi connectivity index (χ0n) is 10.9. The van der Waals surface area contributed by atoms with E-state index >= 15 is 0 Å². The van der Waals surface area contributed by atoms with Crippen molar-refractivity contribution < 1.29 is 4.39 Å². The maximum absolute atomic E-state index is 13.4. The Morgan fingerprint density at radius 3 is 2.71 bits per heavy atom. The van der Waals surface area contributed by atoms with E-state index < -0.39 is 0 Å². The van der Waals surface area contributed by atoms with E-state index in [1.807, 2.05) is 13.8 Å². The maximum atomic E-state index is 13.4. The van der Waals surface area contributed by atoms with Crippen molar-refractivity contribution in [3.63, 3.8) is 0 Å². The van der Waals surface area contributed by atoms with Gasteiger partial charge in [-0.05, 0) is 37.8 Å². The topological polar surface area (TPSA) is 12.4 Å². The first kappa shape index (κ1) is 14.2. The van der Waals surface area contributed by atoms with Gasteiger partial charge in [-0.2, -0.15) is 0 Å². The van der Waals surface area contributed by atoms with Crippen LogP contribution in [-0.4, -0.2) is 5.71 Å². The van der Waals surface area contributed by atoms with E-state index in [0.717, 1.165) is 24.1 Å². The van der Waals surface area contributed by atoms with Crippen molar-refractivity contribution in [2.45, 2.75) is 45.4 Å². The Hall–Kier alpha value is -0.830. The molecule has 0 aliphatic carbocycles. The number of hydrogen-bond acceptors (Lipinski definition) is 2. The molecule has 0 bridgehead atoms. The van der Waals surface area contributed by atoms with Gasteiger partial charge in [0.1, 0.15) is 5.82 Å². The van der Waals surface area contributed by atoms with Crippen LogP contribution in [0.25, 0.3) is 0 Å². The van der Waals surface area contributed by atoms with Crippen molar-refractivity contribution >= 4 is 24.0 Å². The van der Waals surface area contributed by atoms with Gasteiger partial charge in [0, 0.05) is 16.7 Å². The SMILES string of the molecule is CCCC(C)/C(C)=N/c1cc(F)c(S)cc1C. The molecule has 0 aromatic heterocycles. The van der Waals surface area contributed by atoms with Gasteiger partial charge < -0.3 is 0 Å². The van der Waals surface area contributed by atoms with Gasteiger partial charge >= 0.3 is 0 Å². The maximum Gasteiger partial charge on any atom is 0.138 e. The average molecular weight is 253 g/mol. The Morgan fingerprint density at radius 2 is 2.12 bits per heavy atom. The highest BCUT2D eigenvalue weighted by molar-refractivity contribution is 7.80. The summed E-state index contributed by atoms with van der Waals surface area (Å²) in [5.41, 5.74) is 2.72. The Kier molecular flexibility index (Phi) is 5.19. The lowest BCUT2D eigenvalue weighted by atomic mass is 10.0. The van der Waals surface area contributed by atoms with Gasteiger partial charge in [0.05, 0.1) is 5.69 Å². The molecule has 1 nitrogen and oxygen atoms in total. The highest BCUT2D eigenvalue weighted by Crippen LogP contribution is 2.26. The van der Waals surface area contributed by atoms with E-state index in [-0.39, 0.29) is 5.82 Å². The molecule has 0 fully saturated rings. The van der Waals surface area contributed by atoms with Crippen molar-refractivity contribution in [2.24, 2.45) is 10.9 Å². The molecule has 1 atom stereocenters. The summed E-state index contributed by atoms with van der Waals surface area (Å²) in [6.07, 6.45) is 2.25. The van der Waals surface area contributed by atoms with Crippen molar-refractivity contribution in [2.75, 3.05) is 0 Å². The lowest BCUT2D eigenvalue weighted by Crippen LogP contribution is -2.06. The molecule has 0 saturated carbocycles. The summed E-state index contributed by atoms with van der Waals surface area (Å²) in [5.74, 6) is 0.131. The van der Waals surface area contributed by atoms with Crippen LogP contribution in [0.4, 0.5) is 10.1 Å². The highest BCUT2D eigenvalue weighted by atomic mass is 32.1. The summed E-state index contributed by atoms with van der Waals surface area (Å²) in [6, 6.07) is 3.18. The second-order valence-corrected chi connectivity index (χ2v) is 5.01. The summed E-state index contributed by atoms with van der Waals surface area (Å²) in [7, 11) is 0. The molecule has 0 heterocycles. The number of halogens is 1. The third-order valence-electron chi connectivity index (χ3n) is 3.00. The van der Waals surface area contributed by atoms with Crippen LogP contribution in [0, 0.1) is 18.7 Å².